The number of alkyl halides is 3. The van der Waals surface area contributed by atoms with Gasteiger partial charge in [0.15, 0.2) is 11.5 Å². The first-order valence-electron chi connectivity index (χ1n) is 6.27. The molecule has 0 aromatic carbocycles. The van der Waals surface area contributed by atoms with Gasteiger partial charge in [0.2, 0.25) is 5.88 Å². The molecule has 1 aliphatic rings. The number of hydrogen-bond donors (Lipinski definition) is 0. The first kappa shape index (κ1) is 14.4. The summed E-state index contributed by atoms with van der Waals surface area (Å²) in [6.07, 6.45) is -1.69. The molecule has 112 valence electrons. The average molecular weight is 362 g/mol. The van der Waals surface area contributed by atoms with E-state index in [1.165, 1.54) is 7.11 Å². The van der Waals surface area contributed by atoms with E-state index in [4.69, 9.17) is 4.74 Å². The van der Waals surface area contributed by atoms with Crippen LogP contribution >= 0.6 is 15.9 Å². The van der Waals surface area contributed by atoms with Gasteiger partial charge in [0, 0.05) is 12.2 Å². The molecule has 0 unspecified atom stereocenters. The number of halogens is 4. The van der Waals surface area contributed by atoms with Crippen LogP contribution in [0.3, 0.4) is 0 Å². The second kappa shape index (κ2) is 5.01. The zero-order chi connectivity index (χ0) is 15.2. The van der Waals surface area contributed by atoms with E-state index in [1.807, 2.05) is 0 Å². The molecule has 0 saturated heterocycles. The standard InChI is InChI=1S/C13H11BrF3N3O/c1-21-12-8(14)4-5-9(18-12)11-19-10(13(15,16)17)6-20(11)7-2-3-7/h4-7H,2-3H2,1H3. The summed E-state index contributed by atoms with van der Waals surface area (Å²) in [5, 5.41) is 0. The molecular weight excluding hydrogens is 351 g/mol. The summed E-state index contributed by atoms with van der Waals surface area (Å²) in [5.41, 5.74) is -0.537. The first-order chi connectivity index (χ1) is 9.90. The summed E-state index contributed by atoms with van der Waals surface area (Å²) < 4.78 is 45.9. The molecule has 0 bridgehead atoms. The van der Waals surface area contributed by atoms with Gasteiger partial charge in [0.05, 0.1) is 11.6 Å². The molecule has 1 fully saturated rings. The molecule has 0 N–H and O–H groups in total. The van der Waals surface area contributed by atoms with E-state index in [9.17, 15) is 13.2 Å². The largest absolute Gasteiger partial charge is 0.480 e. The second-order valence-corrected chi connectivity index (χ2v) is 5.63. The Balaban J connectivity index is 2.10. The maximum Gasteiger partial charge on any atom is 0.434 e. The second-order valence-electron chi connectivity index (χ2n) is 4.77. The molecule has 0 aliphatic heterocycles. The molecule has 4 nitrogen and oxygen atoms in total. The number of rotatable bonds is 3. The minimum absolute atomic E-state index is 0.0695. The highest BCUT2D eigenvalue weighted by atomic mass is 79.9. The van der Waals surface area contributed by atoms with Crippen LogP contribution in [0.5, 0.6) is 5.88 Å². The maximum absolute atomic E-state index is 12.9. The number of nitrogens with zero attached hydrogens (tertiary/aromatic N) is 3. The number of ether oxygens (including phenoxy) is 1. The first-order valence-corrected chi connectivity index (χ1v) is 7.06. The molecule has 0 atom stereocenters. The van der Waals surface area contributed by atoms with Crippen LogP contribution in [0.15, 0.2) is 22.8 Å². The lowest BCUT2D eigenvalue weighted by Gasteiger charge is -2.07. The van der Waals surface area contributed by atoms with Crippen LogP contribution in [0.25, 0.3) is 11.5 Å². The van der Waals surface area contributed by atoms with Crippen LogP contribution in [-0.2, 0) is 6.18 Å². The molecule has 0 spiro atoms. The summed E-state index contributed by atoms with van der Waals surface area (Å²) >= 11 is 3.27. The Morgan fingerprint density at radius 2 is 2.00 bits per heavy atom. The topological polar surface area (TPSA) is 39.9 Å². The molecular formula is C13H11BrF3N3O. The van der Waals surface area contributed by atoms with Gasteiger partial charge in [-0.3, -0.25) is 0 Å². The number of aromatic nitrogens is 3. The maximum atomic E-state index is 12.9. The van der Waals surface area contributed by atoms with Gasteiger partial charge in [-0.05, 0) is 40.9 Å². The molecule has 0 radical (unpaired) electrons. The van der Waals surface area contributed by atoms with Crippen molar-refractivity contribution in [1.82, 2.24) is 14.5 Å². The Bertz CT molecular complexity index is 680. The van der Waals surface area contributed by atoms with Crippen molar-refractivity contribution >= 4 is 15.9 Å². The number of pyridine rings is 1. The highest BCUT2D eigenvalue weighted by Gasteiger charge is 2.37. The average Bonchev–Trinajstić information content (AvgIpc) is 3.17. The molecule has 21 heavy (non-hydrogen) atoms. The molecule has 3 rings (SSSR count). The van der Waals surface area contributed by atoms with Crippen molar-refractivity contribution in [1.29, 1.82) is 0 Å². The van der Waals surface area contributed by atoms with Gasteiger partial charge in [0.1, 0.15) is 5.69 Å². The van der Waals surface area contributed by atoms with Gasteiger partial charge in [-0.2, -0.15) is 13.2 Å². The Labute approximate surface area is 127 Å². The Morgan fingerprint density at radius 3 is 2.57 bits per heavy atom. The van der Waals surface area contributed by atoms with Crippen molar-refractivity contribution < 1.29 is 17.9 Å². The molecule has 1 saturated carbocycles. The van der Waals surface area contributed by atoms with Gasteiger partial charge in [0.25, 0.3) is 0 Å². The normalized spacial score (nSPS) is 15.3. The van der Waals surface area contributed by atoms with E-state index in [2.05, 4.69) is 25.9 Å². The van der Waals surface area contributed by atoms with Gasteiger partial charge in [-0.15, -0.1) is 0 Å². The van der Waals surface area contributed by atoms with Crippen LogP contribution in [0.1, 0.15) is 24.6 Å². The van der Waals surface area contributed by atoms with E-state index in [1.54, 1.807) is 16.7 Å². The number of imidazole rings is 1. The summed E-state index contributed by atoms with van der Waals surface area (Å²) in [5.74, 6) is 0.530. The third-order valence-corrected chi connectivity index (χ3v) is 3.80. The van der Waals surface area contributed by atoms with Gasteiger partial charge < -0.3 is 9.30 Å². The zero-order valence-corrected chi connectivity index (χ0v) is 12.6. The van der Waals surface area contributed by atoms with Crippen molar-refractivity contribution in [2.75, 3.05) is 7.11 Å². The van der Waals surface area contributed by atoms with Crippen molar-refractivity contribution in [3.05, 3.63) is 28.5 Å². The van der Waals surface area contributed by atoms with Crippen molar-refractivity contribution in [2.24, 2.45) is 0 Å². The number of methoxy groups -OCH3 is 1. The highest BCUT2D eigenvalue weighted by Crippen LogP contribution is 2.41. The Hall–Kier alpha value is -1.57. The van der Waals surface area contributed by atoms with E-state index in [0.717, 1.165) is 19.0 Å². The van der Waals surface area contributed by atoms with E-state index >= 15 is 0 Å². The predicted octanol–water partition coefficient (Wildman–Crippen LogP) is 4.07. The Kier molecular flexibility index (Phi) is 3.43. The molecule has 2 aromatic heterocycles. The SMILES string of the molecule is COc1nc(-c2nc(C(F)(F)F)cn2C2CC2)ccc1Br. The van der Waals surface area contributed by atoms with Crippen LogP contribution in [0.2, 0.25) is 0 Å². The van der Waals surface area contributed by atoms with Crippen LogP contribution in [-0.4, -0.2) is 21.6 Å². The molecule has 0 amide bonds. The van der Waals surface area contributed by atoms with Crippen LogP contribution in [0.4, 0.5) is 13.2 Å². The minimum atomic E-state index is -4.46. The summed E-state index contributed by atoms with van der Waals surface area (Å²) in [7, 11) is 1.45. The van der Waals surface area contributed by atoms with Gasteiger partial charge in [-0.1, -0.05) is 0 Å². The smallest absolute Gasteiger partial charge is 0.434 e. The third kappa shape index (κ3) is 2.76. The van der Waals surface area contributed by atoms with Crippen LogP contribution < -0.4 is 4.74 Å². The van der Waals surface area contributed by atoms with E-state index in [-0.39, 0.29) is 11.9 Å². The molecule has 8 heteroatoms. The van der Waals surface area contributed by atoms with Crippen molar-refractivity contribution in [3.63, 3.8) is 0 Å². The lowest BCUT2D eigenvalue weighted by molar-refractivity contribution is -0.140. The fourth-order valence-corrected chi connectivity index (χ4v) is 2.42. The quantitative estimate of drug-likeness (QED) is 0.827. The predicted molar refractivity (Wildman–Crippen MR) is 73.0 cm³/mol. The fraction of sp³-hybridized carbons (Fsp3) is 0.385. The monoisotopic (exact) mass is 361 g/mol. The van der Waals surface area contributed by atoms with Gasteiger partial charge in [-0.25, -0.2) is 9.97 Å². The Morgan fingerprint density at radius 1 is 1.29 bits per heavy atom. The third-order valence-electron chi connectivity index (χ3n) is 3.20. The molecule has 1 aliphatic carbocycles. The van der Waals surface area contributed by atoms with Crippen molar-refractivity contribution in [2.45, 2.75) is 25.1 Å². The zero-order valence-electron chi connectivity index (χ0n) is 11.0. The number of hydrogen-bond acceptors (Lipinski definition) is 3. The minimum Gasteiger partial charge on any atom is -0.480 e. The van der Waals surface area contributed by atoms with Crippen LogP contribution in [0, 0.1) is 0 Å². The van der Waals surface area contributed by atoms with Gasteiger partial charge >= 0.3 is 6.18 Å². The molecule has 2 aromatic rings. The van der Waals surface area contributed by atoms with E-state index < -0.39 is 11.9 Å². The van der Waals surface area contributed by atoms with E-state index in [0.29, 0.717) is 16.0 Å². The fourth-order valence-electron chi connectivity index (χ4n) is 2.04. The summed E-state index contributed by atoms with van der Waals surface area (Å²) in [6.45, 7) is 0. The van der Waals surface area contributed by atoms with Crippen molar-refractivity contribution in [3.8, 4) is 17.4 Å². The lowest BCUT2D eigenvalue weighted by Crippen LogP contribution is -2.05. The summed E-state index contributed by atoms with van der Waals surface area (Å²) in [6, 6.07) is 3.37. The lowest BCUT2D eigenvalue weighted by atomic mass is 10.3. The summed E-state index contributed by atoms with van der Waals surface area (Å²) in [4.78, 5) is 7.93. The highest BCUT2D eigenvalue weighted by molar-refractivity contribution is 9.10. The molecule has 2 heterocycles.